The van der Waals surface area contributed by atoms with Gasteiger partial charge in [-0.3, -0.25) is 20.4 Å². The Morgan fingerprint density at radius 3 is 2.59 bits per heavy atom. The second-order valence-electron chi connectivity index (χ2n) is 6.39. The minimum absolute atomic E-state index is 0.0200. The summed E-state index contributed by atoms with van der Waals surface area (Å²) in [5, 5.41) is 0. The van der Waals surface area contributed by atoms with Gasteiger partial charge in [0.25, 0.3) is 11.8 Å². The molecule has 0 aromatic heterocycles. The van der Waals surface area contributed by atoms with Gasteiger partial charge < -0.3 is 14.2 Å². The third kappa shape index (κ3) is 4.31. The van der Waals surface area contributed by atoms with Crippen molar-refractivity contribution in [1.29, 1.82) is 0 Å². The molecule has 0 saturated heterocycles. The molecule has 0 unspecified atom stereocenters. The zero-order valence-corrected chi connectivity index (χ0v) is 15.4. The van der Waals surface area contributed by atoms with Crippen LogP contribution in [0, 0.1) is 0 Å². The highest BCUT2D eigenvalue weighted by molar-refractivity contribution is 5.96. The van der Waals surface area contributed by atoms with Crippen molar-refractivity contribution in [1.82, 2.24) is 10.9 Å². The highest BCUT2D eigenvalue weighted by Gasteiger charge is 2.29. The number of nitrogens with one attached hydrogen (secondary N) is 2. The van der Waals surface area contributed by atoms with Crippen molar-refractivity contribution in [2.75, 3.05) is 7.11 Å². The lowest BCUT2D eigenvalue weighted by Crippen LogP contribution is -2.47. The Bertz CT molecular complexity index is 825. The van der Waals surface area contributed by atoms with Gasteiger partial charge in [0.15, 0.2) is 17.6 Å². The van der Waals surface area contributed by atoms with Gasteiger partial charge in [0.1, 0.15) is 5.75 Å². The first kappa shape index (κ1) is 18.6. The third-order valence-electron chi connectivity index (χ3n) is 4.03. The van der Waals surface area contributed by atoms with Crippen LogP contribution in [0.15, 0.2) is 42.5 Å². The minimum Gasteiger partial charge on any atom is -0.493 e. The molecular weight excluding hydrogens is 348 g/mol. The summed E-state index contributed by atoms with van der Waals surface area (Å²) in [7, 11) is 1.50. The van der Waals surface area contributed by atoms with E-state index in [0.717, 1.165) is 5.56 Å². The standard InChI is InChI=1S/C20H22N2O5/c1-12(2)26-16-9-8-14(11-17(16)25-3)19(23)21-22-20(24)18-10-13-6-4-5-7-15(13)27-18/h4-9,11-12,18H,10H2,1-3H3,(H,21,23)(H,22,24)/t18-/m0/s1. The SMILES string of the molecule is COc1cc(C(=O)NNC(=O)[C@@H]2Cc3ccccc3O2)ccc1OC(C)C. The summed E-state index contributed by atoms with van der Waals surface area (Å²) in [6, 6.07) is 12.3. The molecule has 1 aliphatic rings. The van der Waals surface area contributed by atoms with Crippen LogP contribution in [0.3, 0.4) is 0 Å². The highest BCUT2D eigenvalue weighted by Crippen LogP contribution is 2.29. The zero-order chi connectivity index (χ0) is 19.4. The average molecular weight is 370 g/mol. The van der Waals surface area contributed by atoms with E-state index in [1.54, 1.807) is 18.2 Å². The Labute approximate surface area is 157 Å². The summed E-state index contributed by atoms with van der Waals surface area (Å²) < 4.78 is 16.5. The predicted octanol–water partition coefficient (Wildman–Crippen LogP) is 2.25. The van der Waals surface area contributed by atoms with Gasteiger partial charge >= 0.3 is 0 Å². The highest BCUT2D eigenvalue weighted by atomic mass is 16.5. The van der Waals surface area contributed by atoms with Crippen LogP contribution in [0.2, 0.25) is 0 Å². The summed E-state index contributed by atoms with van der Waals surface area (Å²) in [5.41, 5.74) is 6.10. The molecule has 2 aromatic rings. The van der Waals surface area contributed by atoms with E-state index in [1.807, 2.05) is 38.1 Å². The fraction of sp³-hybridized carbons (Fsp3) is 0.300. The molecule has 142 valence electrons. The van der Waals surface area contributed by atoms with E-state index in [-0.39, 0.29) is 6.10 Å². The zero-order valence-electron chi connectivity index (χ0n) is 15.4. The minimum atomic E-state index is -0.668. The number of methoxy groups -OCH3 is 1. The molecule has 0 aliphatic carbocycles. The molecule has 0 radical (unpaired) electrons. The molecule has 1 heterocycles. The summed E-state index contributed by atoms with van der Waals surface area (Å²) in [6.45, 7) is 3.80. The molecule has 1 atom stereocenters. The van der Waals surface area contributed by atoms with Gasteiger partial charge in [-0.25, -0.2) is 0 Å². The number of fused-ring (bicyclic) bond motifs is 1. The normalized spacial score (nSPS) is 14.9. The van der Waals surface area contributed by atoms with Crippen LogP contribution in [0.1, 0.15) is 29.8 Å². The van der Waals surface area contributed by atoms with Crippen LogP contribution in [-0.4, -0.2) is 31.1 Å². The van der Waals surface area contributed by atoms with Gasteiger partial charge in [-0.2, -0.15) is 0 Å². The number of rotatable bonds is 5. The molecule has 0 spiro atoms. The number of benzene rings is 2. The van der Waals surface area contributed by atoms with E-state index in [4.69, 9.17) is 14.2 Å². The van der Waals surface area contributed by atoms with Gasteiger partial charge in [-0.1, -0.05) is 18.2 Å². The molecule has 1 aliphatic heterocycles. The molecule has 0 bridgehead atoms. The van der Waals surface area contributed by atoms with Crippen LogP contribution < -0.4 is 25.1 Å². The molecule has 3 rings (SSSR count). The monoisotopic (exact) mass is 370 g/mol. The summed E-state index contributed by atoms with van der Waals surface area (Å²) in [5.74, 6) is 0.802. The summed E-state index contributed by atoms with van der Waals surface area (Å²) >= 11 is 0. The maximum Gasteiger partial charge on any atom is 0.279 e. The second-order valence-corrected chi connectivity index (χ2v) is 6.39. The van der Waals surface area contributed by atoms with Crippen molar-refractivity contribution < 1.29 is 23.8 Å². The van der Waals surface area contributed by atoms with Gasteiger partial charge in [-0.15, -0.1) is 0 Å². The average Bonchev–Trinajstić information content (AvgIpc) is 3.10. The number of ether oxygens (including phenoxy) is 3. The number of hydrogen-bond donors (Lipinski definition) is 2. The summed E-state index contributed by atoms with van der Waals surface area (Å²) in [6.07, 6.45) is -0.222. The fourth-order valence-corrected chi connectivity index (χ4v) is 2.76. The van der Waals surface area contributed by atoms with E-state index in [2.05, 4.69) is 10.9 Å². The number of hydrazine groups is 1. The molecule has 0 fully saturated rings. The van der Waals surface area contributed by atoms with Crippen molar-refractivity contribution in [3.63, 3.8) is 0 Å². The van der Waals surface area contributed by atoms with E-state index in [0.29, 0.717) is 29.2 Å². The van der Waals surface area contributed by atoms with Crippen LogP contribution in [0.5, 0.6) is 17.2 Å². The number of amides is 2. The van der Waals surface area contributed by atoms with Crippen LogP contribution >= 0.6 is 0 Å². The summed E-state index contributed by atoms with van der Waals surface area (Å²) in [4.78, 5) is 24.6. The molecule has 0 saturated carbocycles. The Balaban J connectivity index is 1.58. The van der Waals surface area contributed by atoms with E-state index < -0.39 is 17.9 Å². The molecular formula is C20H22N2O5. The van der Waals surface area contributed by atoms with E-state index in [9.17, 15) is 9.59 Å². The van der Waals surface area contributed by atoms with Crippen LogP contribution in [-0.2, 0) is 11.2 Å². The third-order valence-corrected chi connectivity index (χ3v) is 4.03. The van der Waals surface area contributed by atoms with Gasteiger partial charge in [0.05, 0.1) is 13.2 Å². The smallest absolute Gasteiger partial charge is 0.279 e. The van der Waals surface area contributed by atoms with Crippen LogP contribution in [0.4, 0.5) is 0 Å². The quantitative estimate of drug-likeness (QED) is 0.789. The molecule has 2 aromatic carbocycles. The Kier molecular flexibility index (Phi) is 5.49. The topological polar surface area (TPSA) is 85.9 Å². The number of carbonyl (C=O) groups excluding carboxylic acids is 2. The largest absolute Gasteiger partial charge is 0.493 e. The lowest BCUT2D eigenvalue weighted by atomic mass is 10.1. The van der Waals surface area contributed by atoms with Gasteiger partial charge in [0, 0.05) is 12.0 Å². The number of hydrogen-bond acceptors (Lipinski definition) is 5. The molecule has 7 heteroatoms. The maximum atomic E-state index is 12.3. The van der Waals surface area contributed by atoms with Crippen LogP contribution in [0.25, 0.3) is 0 Å². The lowest BCUT2D eigenvalue weighted by Gasteiger charge is -2.15. The maximum absolute atomic E-state index is 12.3. The molecule has 27 heavy (non-hydrogen) atoms. The Morgan fingerprint density at radius 2 is 1.89 bits per heavy atom. The van der Waals surface area contributed by atoms with Gasteiger partial charge in [0.2, 0.25) is 0 Å². The van der Waals surface area contributed by atoms with Crippen molar-refractivity contribution in [2.45, 2.75) is 32.5 Å². The fourth-order valence-electron chi connectivity index (χ4n) is 2.76. The first-order valence-electron chi connectivity index (χ1n) is 8.67. The van der Waals surface area contributed by atoms with Crippen molar-refractivity contribution >= 4 is 11.8 Å². The Morgan fingerprint density at radius 1 is 1.11 bits per heavy atom. The van der Waals surface area contributed by atoms with Gasteiger partial charge in [-0.05, 0) is 43.7 Å². The first-order valence-corrected chi connectivity index (χ1v) is 8.67. The van der Waals surface area contributed by atoms with Crippen molar-refractivity contribution in [3.8, 4) is 17.2 Å². The van der Waals surface area contributed by atoms with E-state index in [1.165, 1.54) is 7.11 Å². The molecule has 2 N–H and O–H groups in total. The predicted molar refractivity (Wildman–Crippen MR) is 98.9 cm³/mol. The lowest BCUT2D eigenvalue weighted by molar-refractivity contribution is -0.128. The Hall–Kier alpha value is -3.22. The van der Waals surface area contributed by atoms with E-state index >= 15 is 0 Å². The second kappa shape index (κ2) is 7.99. The molecule has 2 amide bonds. The number of carbonyl (C=O) groups is 2. The van der Waals surface area contributed by atoms with Crippen molar-refractivity contribution in [3.05, 3.63) is 53.6 Å². The molecule has 7 nitrogen and oxygen atoms in total. The first-order chi connectivity index (χ1) is 13.0. The number of para-hydroxylation sites is 1. The van der Waals surface area contributed by atoms with Crippen molar-refractivity contribution in [2.24, 2.45) is 0 Å².